The molecule has 3 aromatic carbocycles. The minimum absolute atomic E-state index is 0.251. The van der Waals surface area contributed by atoms with Gasteiger partial charge in [0, 0.05) is 17.7 Å². The second-order valence-electron chi connectivity index (χ2n) is 6.59. The fraction of sp³-hybridized carbons (Fsp3) is 0.182. The monoisotopic (exact) mass is 345 g/mol. The molecule has 0 aromatic heterocycles. The maximum atomic E-state index is 12.9. The minimum atomic E-state index is -1.81. The van der Waals surface area contributed by atoms with Crippen LogP contribution >= 0.6 is 0 Å². The number of carbonyl (C=O) groups is 2. The molecule has 1 aliphatic heterocycles. The second kappa shape index (κ2) is 6.07. The van der Waals surface area contributed by atoms with Gasteiger partial charge in [-0.15, -0.1) is 0 Å². The van der Waals surface area contributed by atoms with Crippen LogP contribution in [-0.2, 0) is 10.4 Å². The normalized spacial score (nSPS) is 19.0. The number of hydrogen-bond donors (Lipinski definition) is 1. The van der Waals surface area contributed by atoms with Crippen molar-refractivity contribution in [2.45, 2.75) is 18.9 Å². The average Bonchev–Trinajstić information content (AvgIpc) is 2.88. The molecular weight excluding hydrogens is 326 g/mol. The van der Waals surface area contributed by atoms with Crippen LogP contribution in [0.15, 0.2) is 66.7 Å². The van der Waals surface area contributed by atoms with Gasteiger partial charge in [-0.05, 0) is 29.8 Å². The largest absolute Gasteiger partial charge is 0.375 e. The summed E-state index contributed by atoms with van der Waals surface area (Å²) in [6, 6.07) is 20.3. The Hall–Kier alpha value is -2.98. The number of rotatable bonds is 4. The van der Waals surface area contributed by atoms with Gasteiger partial charge in [0.15, 0.2) is 11.4 Å². The van der Waals surface area contributed by atoms with E-state index in [0.717, 1.165) is 10.8 Å². The molecular formula is C22H19NO3. The van der Waals surface area contributed by atoms with Gasteiger partial charge < -0.3 is 10.0 Å². The lowest BCUT2D eigenvalue weighted by Crippen LogP contribution is -2.41. The molecule has 1 aliphatic rings. The number of benzene rings is 3. The average molecular weight is 345 g/mol. The number of likely N-dealkylation sites (N-methyl/N-ethyl adjacent to an activating group) is 1. The predicted molar refractivity (Wildman–Crippen MR) is 101 cm³/mol. The van der Waals surface area contributed by atoms with Gasteiger partial charge >= 0.3 is 0 Å². The lowest BCUT2D eigenvalue weighted by molar-refractivity contribution is -0.135. The molecule has 0 fully saturated rings. The van der Waals surface area contributed by atoms with E-state index in [1.165, 1.54) is 4.90 Å². The number of nitrogens with zero attached hydrogens (tertiary/aromatic N) is 1. The van der Waals surface area contributed by atoms with Gasteiger partial charge in [-0.3, -0.25) is 9.59 Å². The highest BCUT2D eigenvalue weighted by atomic mass is 16.3. The van der Waals surface area contributed by atoms with Crippen LogP contribution in [0.4, 0.5) is 5.69 Å². The Bertz CT molecular complexity index is 1030. The Labute approximate surface area is 151 Å². The fourth-order valence-electron chi connectivity index (χ4n) is 3.69. The van der Waals surface area contributed by atoms with Gasteiger partial charge in [-0.1, -0.05) is 54.6 Å². The Morgan fingerprint density at radius 1 is 1.00 bits per heavy atom. The van der Waals surface area contributed by atoms with Gasteiger partial charge in [-0.2, -0.15) is 0 Å². The van der Waals surface area contributed by atoms with Crippen LogP contribution in [0.2, 0.25) is 0 Å². The number of Topliss-reactive ketones (excluding diaryl/α,β-unsaturated/α-hetero) is 1. The zero-order valence-corrected chi connectivity index (χ0v) is 14.5. The van der Waals surface area contributed by atoms with Crippen molar-refractivity contribution in [2.24, 2.45) is 0 Å². The van der Waals surface area contributed by atoms with E-state index in [1.807, 2.05) is 49.4 Å². The summed E-state index contributed by atoms with van der Waals surface area (Å²) >= 11 is 0. The first kappa shape index (κ1) is 16.5. The standard InChI is InChI=1S/C22H19NO3/c1-2-23-19-10-6-5-9-18(19)22(26,21(23)25)14-20(24)17-12-11-15-7-3-4-8-16(15)13-17/h3-13,26H,2,14H2,1H3/t22-/m0/s1. The van der Waals surface area contributed by atoms with Crippen molar-refractivity contribution >= 4 is 28.2 Å². The Balaban J connectivity index is 1.71. The zero-order chi connectivity index (χ0) is 18.3. The predicted octanol–water partition coefficient (Wildman–Crippen LogP) is 3.67. The Morgan fingerprint density at radius 2 is 1.69 bits per heavy atom. The summed E-state index contributed by atoms with van der Waals surface area (Å²) in [5.41, 5.74) is -0.137. The molecule has 4 nitrogen and oxygen atoms in total. The van der Waals surface area contributed by atoms with E-state index < -0.39 is 11.5 Å². The van der Waals surface area contributed by atoms with Crippen molar-refractivity contribution in [1.29, 1.82) is 0 Å². The highest BCUT2D eigenvalue weighted by Gasteiger charge is 2.50. The van der Waals surface area contributed by atoms with E-state index in [9.17, 15) is 14.7 Å². The molecule has 1 amide bonds. The van der Waals surface area contributed by atoms with Crippen molar-refractivity contribution in [2.75, 3.05) is 11.4 Å². The molecule has 1 N–H and O–H groups in total. The molecule has 0 saturated carbocycles. The summed E-state index contributed by atoms with van der Waals surface area (Å²) in [5, 5.41) is 13.1. The molecule has 0 aliphatic carbocycles. The van der Waals surface area contributed by atoms with Gasteiger partial charge in [-0.25, -0.2) is 0 Å². The SMILES string of the molecule is CCN1C(=O)[C@](O)(CC(=O)c2ccc3ccccc3c2)c2ccccc21. The van der Waals surface area contributed by atoms with Crippen molar-refractivity contribution in [3.8, 4) is 0 Å². The third kappa shape index (κ3) is 2.42. The van der Waals surface area contributed by atoms with E-state index in [-0.39, 0.29) is 12.2 Å². The van der Waals surface area contributed by atoms with Gasteiger partial charge in [0.1, 0.15) is 0 Å². The van der Waals surface area contributed by atoms with Gasteiger partial charge in [0.25, 0.3) is 5.91 Å². The number of amides is 1. The Kier molecular flexibility index (Phi) is 3.85. The first-order valence-electron chi connectivity index (χ1n) is 8.70. The van der Waals surface area contributed by atoms with Crippen molar-refractivity contribution in [1.82, 2.24) is 0 Å². The maximum Gasteiger partial charge on any atom is 0.264 e. The van der Waals surface area contributed by atoms with Crippen LogP contribution in [0.1, 0.15) is 29.3 Å². The summed E-state index contributed by atoms with van der Waals surface area (Å²) in [6.07, 6.45) is -0.266. The number of carbonyl (C=O) groups excluding carboxylic acids is 2. The number of para-hydroxylation sites is 1. The van der Waals surface area contributed by atoms with E-state index in [2.05, 4.69) is 0 Å². The van der Waals surface area contributed by atoms with Crippen LogP contribution in [0.5, 0.6) is 0 Å². The van der Waals surface area contributed by atoms with Crippen LogP contribution < -0.4 is 4.90 Å². The zero-order valence-electron chi connectivity index (χ0n) is 14.5. The lowest BCUT2D eigenvalue weighted by Gasteiger charge is -2.22. The minimum Gasteiger partial charge on any atom is -0.375 e. The quantitative estimate of drug-likeness (QED) is 0.734. The van der Waals surface area contributed by atoms with E-state index in [4.69, 9.17) is 0 Å². The van der Waals surface area contributed by atoms with Gasteiger partial charge in [0.2, 0.25) is 0 Å². The number of fused-ring (bicyclic) bond motifs is 2. The van der Waals surface area contributed by atoms with E-state index in [1.54, 1.807) is 24.3 Å². The Morgan fingerprint density at radius 3 is 2.46 bits per heavy atom. The fourth-order valence-corrected chi connectivity index (χ4v) is 3.69. The third-order valence-electron chi connectivity index (χ3n) is 5.04. The molecule has 0 unspecified atom stereocenters. The molecule has 4 rings (SSSR count). The molecule has 0 saturated heterocycles. The molecule has 1 heterocycles. The number of aliphatic hydroxyl groups is 1. The number of anilines is 1. The highest BCUT2D eigenvalue weighted by molar-refractivity contribution is 6.11. The maximum absolute atomic E-state index is 12.9. The number of ketones is 1. The lowest BCUT2D eigenvalue weighted by atomic mass is 9.88. The molecule has 26 heavy (non-hydrogen) atoms. The summed E-state index contributed by atoms with van der Waals surface area (Å²) in [7, 11) is 0. The summed E-state index contributed by atoms with van der Waals surface area (Å²) in [6.45, 7) is 2.30. The summed E-state index contributed by atoms with van der Waals surface area (Å²) in [5.74, 6) is -0.685. The third-order valence-corrected chi connectivity index (χ3v) is 5.04. The molecule has 0 radical (unpaired) electrons. The van der Waals surface area contributed by atoms with Crippen LogP contribution in [0.3, 0.4) is 0 Å². The van der Waals surface area contributed by atoms with Crippen LogP contribution in [0, 0.1) is 0 Å². The first-order chi connectivity index (χ1) is 12.5. The smallest absolute Gasteiger partial charge is 0.264 e. The second-order valence-corrected chi connectivity index (χ2v) is 6.59. The van der Waals surface area contributed by atoms with Crippen molar-refractivity contribution in [3.05, 3.63) is 77.9 Å². The van der Waals surface area contributed by atoms with E-state index >= 15 is 0 Å². The molecule has 4 heteroatoms. The van der Waals surface area contributed by atoms with E-state index in [0.29, 0.717) is 23.4 Å². The molecule has 1 atom stereocenters. The highest BCUT2D eigenvalue weighted by Crippen LogP contribution is 2.42. The summed E-state index contributed by atoms with van der Waals surface area (Å²) < 4.78 is 0. The van der Waals surface area contributed by atoms with Crippen LogP contribution in [-0.4, -0.2) is 23.3 Å². The van der Waals surface area contributed by atoms with Crippen molar-refractivity contribution in [3.63, 3.8) is 0 Å². The molecule has 0 bridgehead atoms. The molecule has 3 aromatic rings. The topological polar surface area (TPSA) is 57.6 Å². The molecule has 130 valence electrons. The van der Waals surface area contributed by atoms with Crippen molar-refractivity contribution < 1.29 is 14.7 Å². The first-order valence-corrected chi connectivity index (χ1v) is 8.70. The van der Waals surface area contributed by atoms with Gasteiger partial charge in [0.05, 0.1) is 12.1 Å². The molecule has 0 spiro atoms. The number of hydrogen-bond acceptors (Lipinski definition) is 3. The summed E-state index contributed by atoms with van der Waals surface area (Å²) in [4.78, 5) is 27.2. The van der Waals surface area contributed by atoms with Crippen LogP contribution in [0.25, 0.3) is 10.8 Å².